The lowest BCUT2D eigenvalue weighted by Crippen LogP contribution is -2.09. The molecule has 0 N–H and O–H groups in total. The third-order valence-corrected chi connectivity index (χ3v) is 4.79. The van der Waals surface area contributed by atoms with Crippen molar-refractivity contribution in [2.75, 3.05) is 0 Å². The second kappa shape index (κ2) is 7.38. The van der Waals surface area contributed by atoms with Crippen LogP contribution in [-0.2, 0) is 4.74 Å². The van der Waals surface area contributed by atoms with E-state index in [-0.39, 0.29) is 0 Å². The first kappa shape index (κ1) is 16.9. The Bertz CT molecular complexity index is 1080. The van der Waals surface area contributed by atoms with E-state index < -0.39 is 12.2 Å². The molecule has 4 aromatic rings. The molecule has 4 aromatic carbocycles. The van der Waals surface area contributed by atoms with Gasteiger partial charge in [-0.25, -0.2) is 0 Å². The zero-order chi connectivity index (χ0) is 18.6. The van der Waals surface area contributed by atoms with Gasteiger partial charge in [0, 0.05) is 11.1 Å². The molecular formula is C26H18O. The molecule has 128 valence electrons. The first-order chi connectivity index (χ1) is 13.3. The average molecular weight is 346 g/mol. The molecule has 0 aliphatic rings. The minimum Gasteiger partial charge on any atom is -0.340 e. The van der Waals surface area contributed by atoms with Gasteiger partial charge in [-0.3, -0.25) is 0 Å². The zero-order valence-electron chi connectivity index (χ0n) is 14.8. The van der Waals surface area contributed by atoms with Crippen molar-refractivity contribution >= 4 is 21.5 Å². The Morgan fingerprint density at radius 1 is 0.556 bits per heavy atom. The Hall–Kier alpha value is -3.52. The molecular weight excluding hydrogens is 328 g/mol. The van der Waals surface area contributed by atoms with E-state index in [0.29, 0.717) is 0 Å². The molecule has 0 spiro atoms. The van der Waals surface area contributed by atoms with E-state index in [1.807, 2.05) is 48.5 Å². The van der Waals surface area contributed by atoms with E-state index in [2.05, 4.69) is 48.2 Å². The molecule has 0 aromatic heterocycles. The van der Waals surface area contributed by atoms with Gasteiger partial charge in [-0.15, -0.1) is 12.8 Å². The second-order valence-electron chi connectivity index (χ2n) is 6.37. The van der Waals surface area contributed by atoms with Gasteiger partial charge in [0.1, 0.15) is 12.2 Å². The summed E-state index contributed by atoms with van der Waals surface area (Å²) in [4.78, 5) is 0. The van der Waals surface area contributed by atoms with Crippen LogP contribution < -0.4 is 0 Å². The van der Waals surface area contributed by atoms with Gasteiger partial charge in [-0.05, 0) is 21.5 Å². The minimum absolute atomic E-state index is 0.531. The molecule has 0 heterocycles. The van der Waals surface area contributed by atoms with Crippen LogP contribution in [0.2, 0.25) is 0 Å². The first-order valence-electron chi connectivity index (χ1n) is 8.85. The Kier molecular flexibility index (Phi) is 4.63. The molecule has 0 aliphatic carbocycles. The molecule has 4 rings (SSSR count). The zero-order valence-corrected chi connectivity index (χ0v) is 14.8. The summed E-state index contributed by atoms with van der Waals surface area (Å²) >= 11 is 0. The van der Waals surface area contributed by atoms with E-state index in [1.165, 1.54) is 0 Å². The number of terminal acetylenes is 2. The fourth-order valence-electron chi connectivity index (χ4n) is 3.50. The highest BCUT2D eigenvalue weighted by atomic mass is 16.5. The summed E-state index contributed by atoms with van der Waals surface area (Å²) in [7, 11) is 0. The van der Waals surface area contributed by atoms with Crippen LogP contribution in [-0.4, -0.2) is 0 Å². The summed E-state index contributed by atoms with van der Waals surface area (Å²) in [5, 5.41) is 4.41. The van der Waals surface area contributed by atoms with Crippen molar-refractivity contribution in [3.8, 4) is 24.7 Å². The molecule has 0 saturated carbocycles. The van der Waals surface area contributed by atoms with E-state index in [1.54, 1.807) is 0 Å². The third kappa shape index (κ3) is 3.18. The second-order valence-corrected chi connectivity index (χ2v) is 6.37. The van der Waals surface area contributed by atoms with Gasteiger partial charge in [0.25, 0.3) is 0 Å². The first-order valence-corrected chi connectivity index (χ1v) is 8.85. The molecule has 0 aliphatic heterocycles. The van der Waals surface area contributed by atoms with Crippen molar-refractivity contribution in [2.45, 2.75) is 12.2 Å². The quantitative estimate of drug-likeness (QED) is 0.408. The maximum atomic E-state index is 6.27. The number of hydrogen-bond donors (Lipinski definition) is 0. The van der Waals surface area contributed by atoms with Crippen LogP contribution in [0.25, 0.3) is 21.5 Å². The Balaban J connectivity index is 1.76. The number of rotatable bonds is 4. The molecule has 1 heteroatoms. The van der Waals surface area contributed by atoms with Gasteiger partial charge in [-0.1, -0.05) is 96.8 Å². The van der Waals surface area contributed by atoms with Gasteiger partial charge in [-0.2, -0.15) is 0 Å². The molecule has 1 nitrogen and oxygen atoms in total. The lowest BCUT2D eigenvalue weighted by atomic mass is 9.98. The lowest BCUT2D eigenvalue weighted by molar-refractivity contribution is 0.0532. The van der Waals surface area contributed by atoms with Crippen molar-refractivity contribution in [2.24, 2.45) is 0 Å². The van der Waals surface area contributed by atoms with Crippen LogP contribution in [0.1, 0.15) is 23.3 Å². The Morgan fingerprint density at radius 3 is 1.41 bits per heavy atom. The standard InChI is InChI=1S/C26H18O/c1-3-25(23-17-9-13-19-11-5-7-15-21(19)23)27-26(4-2)24-18-10-14-20-12-6-8-16-22(20)24/h1-2,5-18,25-26H. The summed E-state index contributed by atoms with van der Waals surface area (Å²) in [6.45, 7) is 0. The van der Waals surface area contributed by atoms with Gasteiger partial charge in [0.2, 0.25) is 0 Å². The van der Waals surface area contributed by atoms with Crippen LogP contribution in [0.4, 0.5) is 0 Å². The highest BCUT2D eigenvalue weighted by Crippen LogP contribution is 2.33. The van der Waals surface area contributed by atoms with Crippen molar-refractivity contribution in [1.82, 2.24) is 0 Å². The van der Waals surface area contributed by atoms with E-state index in [4.69, 9.17) is 17.6 Å². The molecule has 27 heavy (non-hydrogen) atoms. The predicted octanol–water partition coefficient (Wildman–Crippen LogP) is 6.06. The minimum atomic E-state index is -0.531. The van der Waals surface area contributed by atoms with Crippen LogP contribution in [0.15, 0.2) is 84.9 Å². The fraction of sp³-hybridized carbons (Fsp3) is 0.0769. The van der Waals surface area contributed by atoms with E-state index in [0.717, 1.165) is 32.7 Å². The fourth-order valence-corrected chi connectivity index (χ4v) is 3.50. The van der Waals surface area contributed by atoms with Crippen molar-refractivity contribution in [3.63, 3.8) is 0 Å². The summed E-state index contributed by atoms with van der Waals surface area (Å²) in [5.41, 5.74) is 1.91. The van der Waals surface area contributed by atoms with Crippen molar-refractivity contribution < 1.29 is 4.74 Å². The third-order valence-electron chi connectivity index (χ3n) is 4.79. The Morgan fingerprint density at radius 2 is 0.963 bits per heavy atom. The van der Waals surface area contributed by atoms with Gasteiger partial charge >= 0.3 is 0 Å². The maximum absolute atomic E-state index is 6.27. The monoisotopic (exact) mass is 346 g/mol. The average Bonchev–Trinajstić information content (AvgIpc) is 2.74. The van der Waals surface area contributed by atoms with Gasteiger partial charge < -0.3 is 4.74 Å². The molecule has 0 radical (unpaired) electrons. The molecule has 0 bridgehead atoms. The van der Waals surface area contributed by atoms with Crippen LogP contribution in [0.3, 0.4) is 0 Å². The van der Waals surface area contributed by atoms with E-state index in [9.17, 15) is 0 Å². The number of ether oxygens (including phenoxy) is 1. The lowest BCUT2D eigenvalue weighted by Gasteiger charge is -2.21. The summed E-state index contributed by atoms with van der Waals surface area (Å²) < 4.78 is 6.27. The van der Waals surface area contributed by atoms with Crippen LogP contribution in [0, 0.1) is 24.7 Å². The highest BCUT2D eigenvalue weighted by molar-refractivity contribution is 5.87. The molecule has 2 atom stereocenters. The number of fused-ring (bicyclic) bond motifs is 2. The highest BCUT2D eigenvalue weighted by Gasteiger charge is 2.20. The van der Waals surface area contributed by atoms with Crippen molar-refractivity contribution in [3.05, 3.63) is 96.1 Å². The van der Waals surface area contributed by atoms with Crippen molar-refractivity contribution in [1.29, 1.82) is 0 Å². The summed E-state index contributed by atoms with van der Waals surface area (Å²) in [6, 6.07) is 28.4. The van der Waals surface area contributed by atoms with Gasteiger partial charge in [0.05, 0.1) is 0 Å². The number of benzene rings is 4. The Labute approximate surface area is 159 Å². The largest absolute Gasteiger partial charge is 0.340 e. The normalized spacial score (nSPS) is 13.0. The van der Waals surface area contributed by atoms with Crippen LogP contribution >= 0.6 is 0 Å². The molecule has 0 fully saturated rings. The summed E-state index contributed by atoms with van der Waals surface area (Å²) in [5.74, 6) is 5.55. The SMILES string of the molecule is C#CC(OC(C#C)c1cccc2ccccc12)c1cccc2ccccc12. The van der Waals surface area contributed by atoms with E-state index >= 15 is 0 Å². The maximum Gasteiger partial charge on any atom is 0.145 e. The van der Waals surface area contributed by atoms with Crippen LogP contribution in [0.5, 0.6) is 0 Å². The molecule has 0 amide bonds. The number of hydrogen-bond acceptors (Lipinski definition) is 1. The topological polar surface area (TPSA) is 9.23 Å². The summed E-state index contributed by atoms with van der Waals surface area (Å²) in [6.07, 6.45) is 10.6. The predicted molar refractivity (Wildman–Crippen MR) is 112 cm³/mol. The van der Waals surface area contributed by atoms with Gasteiger partial charge in [0.15, 0.2) is 0 Å². The molecule has 0 saturated heterocycles. The molecule has 2 unspecified atom stereocenters. The smallest absolute Gasteiger partial charge is 0.145 e.